The molecule has 0 aromatic rings. The molecule has 1 saturated heterocycles. The summed E-state index contributed by atoms with van der Waals surface area (Å²) >= 11 is 0. The Balaban J connectivity index is 2.47. The van der Waals surface area contributed by atoms with Crippen LogP contribution in [0.3, 0.4) is 0 Å². The zero-order valence-corrected chi connectivity index (χ0v) is 13.4. The van der Waals surface area contributed by atoms with Crippen LogP contribution in [0.2, 0.25) is 18.1 Å². The van der Waals surface area contributed by atoms with Gasteiger partial charge in [-0.1, -0.05) is 20.8 Å². The highest BCUT2D eigenvalue weighted by Crippen LogP contribution is 2.27. The molecule has 1 aliphatic heterocycles. The lowest BCUT2D eigenvalue weighted by atomic mass is 10.4. The number of hydrogen-bond acceptors (Lipinski definition) is 4. The van der Waals surface area contributed by atoms with E-state index in [-0.39, 0.29) is 5.97 Å². The summed E-state index contributed by atoms with van der Waals surface area (Å²) in [6, 6.07) is 4.01. The Morgan fingerprint density at radius 3 is 2.28 bits per heavy atom. The minimum Gasteiger partial charge on any atom is -0.469 e. The van der Waals surface area contributed by atoms with Crippen LogP contribution < -0.4 is 0 Å². The summed E-state index contributed by atoms with van der Waals surface area (Å²) in [5, 5.41) is 0. The summed E-state index contributed by atoms with van der Waals surface area (Å²) in [5.41, 5.74) is 0. The molecule has 0 unspecified atom stereocenters. The minimum atomic E-state index is -1.22. The predicted molar refractivity (Wildman–Crippen MR) is 77.0 cm³/mol. The first-order valence-corrected chi connectivity index (χ1v) is 9.73. The van der Waals surface area contributed by atoms with E-state index in [4.69, 9.17) is 4.74 Å². The molecule has 0 N–H and O–H groups in total. The Bertz CT molecular complexity index is 261. The Hall–Kier alpha value is -0.393. The van der Waals surface area contributed by atoms with E-state index in [0.717, 1.165) is 19.8 Å². The zero-order chi connectivity index (χ0) is 13.6. The predicted octanol–water partition coefficient (Wildman–Crippen LogP) is 2.13. The Kier molecular flexibility index (Phi) is 6.32. The standard InChI is InChI=1S/C13H28N2O2Si/c1-5-18(6-2,7-3)15-11-10-14(12-15)9-8-13(16)17-4/h5-12H2,1-4H3. The fourth-order valence-corrected chi connectivity index (χ4v) is 6.90. The number of nitrogens with zero attached hydrogens (tertiary/aromatic N) is 2. The van der Waals surface area contributed by atoms with Gasteiger partial charge in [-0.05, 0) is 18.1 Å². The van der Waals surface area contributed by atoms with Gasteiger partial charge in [-0.25, -0.2) is 0 Å². The van der Waals surface area contributed by atoms with Gasteiger partial charge >= 0.3 is 5.97 Å². The molecule has 106 valence electrons. The molecule has 0 spiro atoms. The van der Waals surface area contributed by atoms with Crippen molar-refractivity contribution in [1.82, 2.24) is 9.47 Å². The van der Waals surface area contributed by atoms with Gasteiger partial charge < -0.3 is 9.30 Å². The third-order valence-electron chi connectivity index (χ3n) is 4.56. The monoisotopic (exact) mass is 272 g/mol. The molecule has 1 rings (SSSR count). The van der Waals surface area contributed by atoms with Crippen molar-refractivity contribution >= 4 is 14.2 Å². The molecule has 0 aromatic carbocycles. The fourth-order valence-electron chi connectivity index (χ4n) is 2.99. The lowest BCUT2D eigenvalue weighted by Crippen LogP contribution is -2.51. The number of carbonyl (C=O) groups excluding carboxylic acids is 1. The zero-order valence-electron chi connectivity index (χ0n) is 12.4. The van der Waals surface area contributed by atoms with Crippen molar-refractivity contribution < 1.29 is 9.53 Å². The topological polar surface area (TPSA) is 32.8 Å². The molecule has 0 atom stereocenters. The van der Waals surface area contributed by atoms with Crippen LogP contribution in [0.5, 0.6) is 0 Å². The summed E-state index contributed by atoms with van der Waals surface area (Å²) < 4.78 is 7.42. The van der Waals surface area contributed by atoms with Crippen molar-refractivity contribution in [3.63, 3.8) is 0 Å². The van der Waals surface area contributed by atoms with Crippen LogP contribution in [-0.2, 0) is 9.53 Å². The molecule has 0 aliphatic carbocycles. The molecule has 5 heteroatoms. The Morgan fingerprint density at radius 2 is 1.78 bits per heavy atom. The van der Waals surface area contributed by atoms with Crippen LogP contribution in [0, 0.1) is 0 Å². The molecule has 1 fully saturated rings. The van der Waals surface area contributed by atoms with Crippen LogP contribution in [0.1, 0.15) is 27.2 Å². The van der Waals surface area contributed by atoms with E-state index in [1.165, 1.54) is 31.8 Å². The van der Waals surface area contributed by atoms with Gasteiger partial charge in [-0.15, -0.1) is 0 Å². The second-order valence-electron chi connectivity index (χ2n) is 5.13. The second kappa shape index (κ2) is 7.26. The molecule has 0 bridgehead atoms. The number of rotatable bonds is 7. The van der Waals surface area contributed by atoms with Crippen molar-refractivity contribution in [2.45, 2.75) is 45.3 Å². The maximum Gasteiger partial charge on any atom is 0.306 e. The van der Waals surface area contributed by atoms with Gasteiger partial charge in [0.25, 0.3) is 0 Å². The molecule has 18 heavy (non-hydrogen) atoms. The lowest BCUT2D eigenvalue weighted by molar-refractivity contribution is -0.140. The third-order valence-corrected chi connectivity index (χ3v) is 10.2. The van der Waals surface area contributed by atoms with Gasteiger partial charge in [0.15, 0.2) is 0 Å². The summed E-state index contributed by atoms with van der Waals surface area (Å²) in [5.74, 6) is -0.0987. The highest BCUT2D eigenvalue weighted by molar-refractivity contribution is 6.77. The number of hydrogen-bond donors (Lipinski definition) is 0. The van der Waals surface area contributed by atoms with Gasteiger partial charge in [0.2, 0.25) is 0 Å². The molecule has 0 amide bonds. The van der Waals surface area contributed by atoms with Crippen LogP contribution in [-0.4, -0.2) is 57.1 Å². The first-order chi connectivity index (χ1) is 8.61. The van der Waals surface area contributed by atoms with Gasteiger partial charge in [-0.3, -0.25) is 9.69 Å². The minimum absolute atomic E-state index is 0.0987. The summed E-state index contributed by atoms with van der Waals surface area (Å²) in [6.07, 6.45) is 0.517. The summed E-state index contributed by atoms with van der Waals surface area (Å²) in [7, 11) is 0.245. The average Bonchev–Trinajstić information content (AvgIpc) is 2.88. The van der Waals surface area contributed by atoms with E-state index >= 15 is 0 Å². The summed E-state index contributed by atoms with van der Waals surface area (Å²) in [6.45, 7) is 11.2. The first kappa shape index (κ1) is 15.7. The fraction of sp³-hybridized carbons (Fsp3) is 0.923. The number of methoxy groups -OCH3 is 1. The van der Waals surface area contributed by atoms with E-state index in [9.17, 15) is 4.79 Å². The van der Waals surface area contributed by atoms with E-state index < -0.39 is 8.24 Å². The largest absolute Gasteiger partial charge is 0.469 e. The molecule has 1 heterocycles. The van der Waals surface area contributed by atoms with Crippen molar-refractivity contribution in [2.75, 3.05) is 33.4 Å². The molecular formula is C13H28N2O2Si. The highest BCUT2D eigenvalue weighted by atomic mass is 28.3. The number of ether oxygens (including phenoxy) is 1. The van der Waals surface area contributed by atoms with Crippen molar-refractivity contribution in [1.29, 1.82) is 0 Å². The van der Waals surface area contributed by atoms with Crippen LogP contribution in [0.4, 0.5) is 0 Å². The normalized spacial score (nSPS) is 18.2. The molecule has 0 saturated carbocycles. The number of esters is 1. The van der Waals surface area contributed by atoms with Crippen LogP contribution >= 0.6 is 0 Å². The van der Waals surface area contributed by atoms with E-state index in [2.05, 4.69) is 30.2 Å². The average molecular weight is 272 g/mol. The maximum absolute atomic E-state index is 11.2. The van der Waals surface area contributed by atoms with Crippen LogP contribution in [0.25, 0.3) is 0 Å². The van der Waals surface area contributed by atoms with Crippen LogP contribution in [0.15, 0.2) is 0 Å². The van der Waals surface area contributed by atoms with E-state index in [1.54, 1.807) is 0 Å². The van der Waals surface area contributed by atoms with Gasteiger partial charge in [0.05, 0.1) is 13.5 Å². The van der Waals surface area contributed by atoms with E-state index in [0.29, 0.717) is 6.42 Å². The molecule has 0 aromatic heterocycles. The van der Waals surface area contributed by atoms with Crippen molar-refractivity contribution in [2.24, 2.45) is 0 Å². The lowest BCUT2D eigenvalue weighted by Gasteiger charge is -2.38. The maximum atomic E-state index is 11.2. The Labute approximate surface area is 112 Å². The van der Waals surface area contributed by atoms with Gasteiger partial charge in [0.1, 0.15) is 8.24 Å². The smallest absolute Gasteiger partial charge is 0.306 e. The number of carbonyl (C=O) groups is 1. The second-order valence-corrected chi connectivity index (χ2v) is 10.3. The SMILES string of the molecule is CC[Si](CC)(CC)N1CCN(CCC(=O)OC)C1. The molecule has 1 aliphatic rings. The van der Waals surface area contributed by atoms with Crippen molar-refractivity contribution in [3.8, 4) is 0 Å². The first-order valence-electron chi connectivity index (χ1n) is 7.16. The molecule has 0 radical (unpaired) electrons. The molecule has 4 nitrogen and oxygen atoms in total. The highest BCUT2D eigenvalue weighted by Gasteiger charge is 2.37. The van der Waals surface area contributed by atoms with Gasteiger partial charge in [0, 0.05) is 26.3 Å². The van der Waals surface area contributed by atoms with Crippen molar-refractivity contribution in [3.05, 3.63) is 0 Å². The summed E-state index contributed by atoms with van der Waals surface area (Å²) in [4.78, 5) is 13.6. The Morgan fingerprint density at radius 1 is 1.17 bits per heavy atom. The van der Waals surface area contributed by atoms with Gasteiger partial charge in [-0.2, -0.15) is 0 Å². The third kappa shape index (κ3) is 3.55. The molecular weight excluding hydrogens is 244 g/mol. The quantitative estimate of drug-likeness (QED) is 0.525. The van der Waals surface area contributed by atoms with E-state index in [1.807, 2.05) is 0 Å².